The molecular formula is C12H13N3O3. The van der Waals surface area contributed by atoms with Crippen molar-refractivity contribution in [3.05, 3.63) is 29.5 Å². The van der Waals surface area contributed by atoms with Gasteiger partial charge < -0.3 is 14.7 Å². The molecule has 6 heteroatoms. The number of guanidine groups is 1. The number of benzene rings is 1. The molecule has 1 saturated heterocycles. The van der Waals surface area contributed by atoms with Crippen LogP contribution in [0.25, 0.3) is 6.08 Å². The minimum atomic E-state index is -0.335. The van der Waals surface area contributed by atoms with Crippen molar-refractivity contribution in [2.45, 2.75) is 0 Å². The topological polar surface area (TPSA) is 85.7 Å². The summed E-state index contributed by atoms with van der Waals surface area (Å²) in [5.74, 6) is 0.0684. The van der Waals surface area contributed by atoms with Crippen molar-refractivity contribution in [2.24, 2.45) is 0 Å². The SMILES string of the molecule is COc1ccc(/C=C2/C(=O)NC(=N)N2C)cc1O. The molecule has 1 heterocycles. The number of carbonyl (C=O) groups is 1. The predicted molar refractivity (Wildman–Crippen MR) is 66.3 cm³/mol. The number of nitrogens with zero attached hydrogens (tertiary/aromatic N) is 1. The molecule has 0 saturated carbocycles. The van der Waals surface area contributed by atoms with Crippen LogP contribution in [0.5, 0.6) is 11.5 Å². The lowest BCUT2D eigenvalue weighted by Gasteiger charge is -2.09. The van der Waals surface area contributed by atoms with Crippen molar-refractivity contribution >= 4 is 17.9 Å². The minimum Gasteiger partial charge on any atom is -0.504 e. The first-order valence-electron chi connectivity index (χ1n) is 5.25. The van der Waals surface area contributed by atoms with Gasteiger partial charge in [-0.05, 0) is 23.8 Å². The van der Waals surface area contributed by atoms with Gasteiger partial charge in [-0.3, -0.25) is 15.5 Å². The Bertz CT molecular complexity index is 551. The molecule has 1 fully saturated rings. The van der Waals surface area contributed by atoms with E-state index in [4.69, 9.17) is 10.1 Å². The first kappa shape index (κ1) is 12.0. The fourth-order valence-corrected chi connectivity index (χ4v) is 1.65. The number of hydrogen-bond acceptors (Lipinski definition) is 4. The fourth-order valence-electron chi connectivity index (χ4n) is 1.65. The number of carbonyl (C=O) groups excluding carboxylic acids is 1. The molecule has 0 spiro atoms. The van der Waals surface area contributed by atoms with E-state index in [1.807, 2.05) is 0 Å². The summed E-state index contributed by atoms with van der Waals surface area (Å²) in [4.78, 5) is 13.0. The highest BCUT2D eigenvalue weighted by Gasteiger charge is 2.26. The molecule has 1 amide bonds. The summed E-state index contributed by atoms with van der Waals surface area (Å²) in [6, 6.07) is 4.82. The van der Waals surface area contributed by atoms with Crippen LogP contribution in [-0.2, 0) is 4.79 Å². The Kier molecular flexibility index (Phi) is 2.93. The summed E-state index contributed by atoms with van der Waals surface area (Å²) in [6.07, 6.45) is 1.59. The van der Waals surface area contributed by atoms with Crippen LogP contribution in [0.4, 0.5) is 0 Å². The summed E-state index contributed by atoms with van der Waals surface area (Å²) in [5.41, 5.74) is 1.00. The van der Waals surface area contributed by atoms with Crippen molar-refractivity contribution in [2.75, 3.05) is 14.2 Å². The highest BCUT2D eigenvalue weighted by molar-refractivity contribution is 6.14. The van der Waals surface area contributed by atoms with Crippen LogP contribution in [0.2, 0.25) is 0 Å². The molecule has 3 N–H and O–H groups in total. The minimum absolute atomic E-state index is 0.00276. The summed E-state index contributed by atoms with van der Waals surface area (Å²) in [5, 5.41) is 19.5. The number of phenols is 1. The van der Waals surface area contributed by atoms with Crippen LogP contribution in [0.1, 0.15) is 5.56 Å². The van der Waals surface area contributed by atoms with Gasteiger partial charge >= 0.3 is 0 Å². The fraction of sp³-hybridized carbons (Fsp3) is 0.167. The molecule has 0 aliphatic carbocycles. The van der Waals surface area contributed by atoms with E-state index < -0.39 is 0 Å². The largest absolute Gasteiger partial charge is 0.504 e. The molecule has 1 aliphatic rings. The Morgan fingerprint density at radius 1 is 1.50 bits per heavy atom. The van der Waals surface area contributed by atoms with Gasteiger partial charge in [0.05, 0.1) is 7.11 Å². The lowest BCUT2D eigenvalue weighted by Crippen LogP contribution is -2.25. The van der Waals surface area contributed by atoms with Crippen LogP contribution < -0.4 is 10.1 Å². The molecule has 0 aromatic heterocycles. The second-order valence-corrected chi connectivity index (χ2v) is 3.82. The quantitative estimate of drug-likeness (QED) is 0.673. The molecule has 1 aliphatic heterocycles. The van der Waals surface area contributed by atoms with Gasteiger partial charge in [0, 0.05) is 7.05 Å². The first-order valence-corrected chi connectivity index (χ1v) is 5.25. The van der Waals surface area contributed by atoms with Crippen LogP contribution in [0, 0.1) is 5.41 Å². The van der Waals surface area contributed by atoms with E-state index >= 15 is 0 Å². The van der Waals surface area contributed by atoms with Gasteiger partial charge in [0.1, 0.15) is 5.70 Å². The van der Waals surface area contributed by atoms with E-state index in [0.29, 0.717) is 17.0 Å². The van der Waals surface area contributed by atoms with Crippen molar-refractivity contribution in [3.63, 3.8) is 0 Å². The van der Waals surface area contributed by atoms with Gasteiger partial charge in [0.2, 0.25) is 5.96 Å². The molecule has 2 rings (SSSR count). The Balaban J connectivity index is 2.36. The Morgan fingerprint density at radius 3 is 2.72 bits per heavy atom. The van der Waals surface area contributed by atoms with Gasteiger partial charge in [0.15, 0.2) is 11.5 Å². The van der Waals surface area contributed by atoms with Crippen LogP contribution in [0.3, 0.4) is 0 Å². The van der Waals surface area contributed by atoms with Gasteiger partial charge in [0.25, 0.3) is 5.91 Å². The van der Waals surface area contributed by atoms with Gasteiger partial charge in [-0.15, -0.1) is 0 Å². The number of methoxy groups -OCH3 is 1. The molecule has 18 heavy (non-hydrogen) atoms. The third-order valence-corrected chi connectivity index (χ3v) is 2.67. The molecule has 1 aromatic rings. The second kappa shape index (κ2) is 4.40. The Hall–Kier alpha value is -2.50. The zero-order valence-electron chi connectivity index (χ0n) is 10.0. The third-order valence-electron chi connectivity index (χ3n) is 2.67. The van der Waals surface area contributed by atoms with Crippen LogP contribution in [0.15, 0.2) is 23.9 Å². The number of rotatable bonds is 2. The van der Waals surface area contributed by atoms with Gasteiger partial charge in [-0.2, -0.15) is 0 Å². The number of ether oxygens (including phenoxy) is 1. The maximum Gasteiger partial charge on any atom is 0.274 e. The van der Waals surface area contributed by atoms with E-state index in [0.717, 1.165) is 0 Å². The number of phenolic OH excluding ortho intramolecular Hbond substituents is 1. The van der Waals surface area contributed by atoms with E-state index in [9.17, 15) is 9.90 Å². The lowest BCUT2D eigenvalue weighted by atomic mass is 10.1. The molecule has 0 radical (unpaired) electrons. The van der Waals surface area contributed by atoms with Gasteiger partial charge in [-0.1, -0.05) is 6.07 Å². The molecule has 6 nitrogen and oxygen atoms in total. The summed E-state index contributed by atoms with van der Waals surface area (Å²) in [7, 11) is 3.09. The Labute approximate surface area is 104 Å². The molecule has 94 valence electrons. The Morgan fingerprint density at radius 2 is 2.22 bits per heavy atom. The first-order chi connectivity index (χ1) is 8.52. The molecule has 0 atom stereocenters. The number of aromatic hydroxyl groups is 1. The van der Waals surface area contributed by atoms with Gasteiger partial charge in [-0.25, -0.2) is 0 Å². The van der Waals surface area contributed by atoms with Crippen molar-refractivity contribution in [3.8, 4) is 11.5 Å². The van der Waals surface area contributed by atoms with E-state index in [2.05, 4.69) is 5.32 Å². The van der Waals surface area contributed by atoms with E-state index in [1.54, 1.807) is 25.3 Å². The van der Waals surface area contributed by atoms with Crippen molar-refractivity contribution in [1.82, 2.24) is 10.2 Å². The monoisotopic (exact) mass is 247 g/mol. The van der Waals surface area contributed by atoms with Crippen molar-refractivity contribution in [1.29, 1.82) is 5.41 Å². The number of nitrogens with one attached hydrogen (secondary N) is 2. The zero-order chi connectivity index (χ0) is 13.3. The zero-order valence-corrected chi connectivity index (χ0v) is 10.0. The second-order valence-electron chi connectivity index (χ2n) is 3.82. The number of hydrogen-bond donors (Lipinski definition) is 3. The summed E-state index contributed by atoms with van der Waals surface area (Å²) >= 11 is 0. The standard InChI is InChI=1S/C12H13N3O3/c1-15-8(11(17)14-12(15)13)5-7-3-4-10(18-2)9(16)6-7/h3-6,16H,1-2H3,(H2,13,14,17)/b8-5-. The predicted octanol–water partition coefficient (Wildman–Crippen LogP) is 0.738. The molecule has 1 aromatic carbocycles. The highest BCUT2D eigenvalue weighted by atomic mass is 16.5. The van der Waals surface area contributed by atoms with Crippen LogP contribution in [-0.4, -0.2) is 36.0 Å². The maximum atomic E-state index is 11.6. The number of likely N-dealkylation sites (N-methyl/N-ethyl adjacent to an activating group) is 1. The molecule has 0 bridgehead atoms. The smallest absolute Gasteiger partial charge is 0.274 e. The summed E-state index contributed by atoms with van der Waals surface area (Å²) < 4.78 is 4.93. The summed E-state index contributed by atoms with van der Waals surface area (Å²) in [6.45, 7) is 0. The third kappa shape index (κ3) is 2.00. The highest BCUT2D eigenvalue weighted by Crippen LogP contribution is 2.27. The lowest BCUT2D eigenvalue weighted by molar-refractivity contribution is -0.115. The average Bonchev–Trinajstić information content (AvgIpc) is 2.56. The average molecular weight is 247 g/mol. The molecule has 0 unspecified atom stereocenters. The van der Waals surface area contributed by atoms with Crippen LogP contribution >= 0.6 is 0 Å². The van der Waals surface area contributed by atoms with E-state index in [1.165, 1.54) is 18.1 Å². The normalized spacial score (nSPS) is 17.2. The number of amides is 1. The maximum absolute atomic E-state index is 11.6. The molecular weight excluding hydrogens is 234 g/mol. The van der Waals surface area contributed by atoms with Crippen molar-refractivity contribution < 1.29 is 14.6 Å². The van der Waals surface area contributed by atoms with E-state index in [-0.39, 0.29) is 17.6 Å².